The molecule has 1 aliphatic rings. The summed E-state index contributed by atoms with van der Waals surface area (Å²) < 4.78 is 33.2. The Morgan fingerprint density at radius 2 is 1.57 bits per heavy atom. The van der Waals surface area contributed by atoms with Crippen molar-refractivity contribution in [2.24, 2.45) is 0 Å². The Bertz CT molecular complexity index is 412. The molecule has 8 nitrogen and oxygen atoms in total. The molecule has 21 heavy (non-hydrogen) atoms. The number of aliphatic hydroxyl groups excluding tert-OH is 1. The van der Waals surface area contributed by atoms with E-state index in [1.165, 1.54) is 0 Å². The molecule has 0 aliphatic carbocycles. The fraction of sp³-hybridized carbons (Fsp3) is 0.750. The lowest BCUT2D eigenvalue weighted by molar-refractivity contribution is -0.279. The Kier molecular flexibility index (Phi) is 6.03. The second kappa shape index (κ2) is 7.32. The van der Waals surface area contributed by atoms with Crippen molar-refractivity contribution in [3.05, 3.63) is 0 Å². The quantitative estimate of drug-likeness (QED) is 0.545. The van der Waals surface area contributed by atoms with Crippen LogP contribution in [-0.4, -0.2) is 60.4 Å². The van der Waals surface area contributed by atoms with Crippen LogP contribution in [0.15, 0.2) is 0 Å². The van der Waals surface area contributed by atoms with E-state index in [1.807, 2.05) is 0 Å². The number of hydrogen-bond acceptors (Lipinski definition) is 8. The minimum absolute atomic E-state index is 0.394. The van der Waals surface area contributed by atoms with Crippen LogP contribution in [0.5, 0.6) is 0 Å². The van der Waals surface area contributed by atoms with Crippen molar-refractivity contribution in [3.63, 3.8) is 0 Å². The van der Waals surface area contributed by atoms with Crippen LogP contribution >= 0.6 is 0 Å². The number of hydrogen-bond donors (Lipinski definition) is 1. The van der Waals surface area contributed by atoms with Crippen molar-refractivity contribution >= 4 is 17.9 Å². The summed E-state index contributed by atoms with van der Waals surface area (Å²) in [6.07, 6.45) is -8.07. The highest BCUT2D eigenvalue weighted by atomic mass is 19.1. The normalized spacial score (nSPS) is 32.1. The first-order valence-corrected chi connectivity index (χ1v) is 6.17. The van der Waals surface area contributed by atoms with Crippen LogP contribution in [0.25, 0.3) is 0 Å². The van der Waals surface area contributed by atoms with E-state index in [2.05, 4.69) is 0 Å². The maximum absolute atomic E-state index is 13.9. The number of carbonyl (C=O) groups excluding carboxylic acids is 3. The number of esters is 3. The number of halogens is 1. The molecule has 0 aromatic heterocycles. The van der Waals surface area contributed by atoms with Crippen LogP contribution in [-0.2, 0) is 33.3 Å². The molecule has 0 bridgehead atoms. The highest BCUT2D eigenvalue weighted by Crippen LogP contribution is 2.27. The Labute approximate surface area is 120 Å². The zero-order chi connectivity index (χ0) is 16.2. The first-order valence-electron chi connectivity index (χ1n) is 6.17. The fourth-order valence-corrected chi connectivity index (χ4v) is 1.88. The number of rotatable bonds is 4. The van der Waals surface area contributed by atoms with Crippen LogP contribution in [0.2, 0.25) is 0 Å². The maximum atomic E-state index is 13.9. The van der Waals surface area contributed by atoms with Crippen LogP contribution in [0, 0.1) is 0 Å². The van der Waals surface area contributed by atoms with Crippen LogP contribution in [0.3, 0.4) is 0 Å². The van der Waals surface area contributed by atoms with Gasteiger partial charge in [-0.1, -0.05) is 0 Å². The van der Waals surface area contributed by atoms with E-state index in [0.29, 0.717) is 0 Å². The predicted molar refractivity (Wildman–Crippen MR) is 63.5 cm³/mol. The van der Waals surface area contributed by atoms with E-state index in [-0.39, 0.29) is 0 Å². The summed E-state index contributed by atoms with van der Waals surface area (Å²) in [6.45, 7) is 2.86. The molecule has 1 heterocycles. The van der Waals surface area contributed by atoms with Crippen molar-refractivity contribution in [2.45, 2.75) is 51.5 Å². The molecule has 1 N–H and O–H groups in total. The van der Waals surface area contributed by atoms with Gasteiger partial charge in [0.2, 0.25) is 0 Å². The molecule has 1 rings (SSSR count). The van der Waals surface area contributed by atoms with Gasteiger partial charge in [-0.15, -0.1) is 0 Å². The summed E-state index contributed by atoms with van der Waals surface area (Å²) in [5.41, 5.74) is 0. The van der Waals surface area contributed by atoms with Crippen molar-refractivity contribution in [2.75, 3.05) is 6.61 Å². The van der Waals surface area contributed by atoms with Gasteiger partial charge in [0, 0.05) is 20.8 Å². The lowest BCUT2D eigenvalue weighted by Gasteiger charge is -2.40. The van der Waals surface area contributed by atoms with Crippen molar-refractivity contribution in [1.82, 2.24) is 0 Å². The third kappa shape index (κ3) is 4.94. The van der Waals surface area contributed by atoms with Gasteiger partial charge in [-0.2, -0.15) is 0 Å². The number of alkyl halides is 1. The summed E-state index contributed by atoms with van der Waals surface area (Å²) in [6, 6.07) is 0. The molecule has 0 aromatic carbocycles. The molecule has 0 radical (unpaired) electrons. The molecule has 0 spiro atoms. The van der Waals surface area contributed by atoms with Crippen molar-refractivity contribution < 1.29 is 42.8 Å². The first-order chi connectivity index (χ1) is 9.72. The van der Waals surface area contributed by atoms with Gasteiger partial charge in [0.1, 0.15) is 12.7 Å². The lowest BCUT2D eigenvalue weighted by atomic mass is 9.99. The van der Waals surface area contributed by atoms with Gasteiger partial charge in [-0.3, -0.25) is 14.4 Å². The third-order valence-electron chi connectivity index (χ3n) is 2.65. The fourth-order valence-electron chi connectivity index (χ4n) is 1.88. The largest absolute Gasteiger partial charge is 0.463 e. The van der Waals surface area contributed by atoms with Crippen molar-refractivity contribution in [1.29, 1.82) is 0 Å². The summed E-state index contributed by atoms with van der Waals surface area (Å²) in [5, 5.41) is 9.48. The van der Waals surface area contributed by atoms with Gasteiger partial charge in [0.05, 0.1) is 0 Å². The van der Waals surface area contributed by atoms with Gasteiger partial charge in [-0.25, -0.2) is 4.39 Å². The van der Waals surface area contributed by atoms with Gasteiger partial charge in [-0.05, 0) is 0 Å². The standard InChI is InChI=1S/C12H17FO8/c1-5(14)18-4-8-10(19-6(2)15)11(20-7(3)16)9(13)12(17)21-8/h8-12,17H,4H2,1-3H3/t8?,9?,10-,11?,12-/m1/s1. The minimum Gasteiger partial charge on any atom is -0.463 e. The summed E-state index contributed by atoms with van der Waals surface area (Å²) >= 11 is 0. The van der Waals surface area contributed by atoms with Crippen molar-refractivity contribution in [3.8, 4) is 0 Å². The summed E-state index contributed by atoms with van der Waals surface area (Å²) in [4.78, 5) is 32.9. The molecule has 9 heteroatoms. The van der Waals surface area contributed by atoms with Crippen LogP contribution in [0.1, 0.15) is 20.8 Å². The van der Waals surface area contributed by atoms with E-state index in [0.717, 1.165) is 20.8 Å². The molecule has 5 atom stereocenters. The monoisotopic (exact) mass is 308 g/mol. The average Bonchev–Trinajstić information content (AvgIpc) is 2.35. The second-order valence-electron chi connectivity index (χ2n) is 4.46. The number of carbonyl (C=O) groups is 3. The van der Waals surface area contributed by atoms with Gasteiger partial charge >= 0.3 is 17.9 Å². The smallest absolute Gasteiger partial charge is 0.303 e. The second-order valence-corrected chi connectivity index (χ2v) is 4.46. The lowest BCUT2D eigenvalue weighted by Crippen LogP contribution is -2.59. The van der Waals surface area contributed by atoms with Gasteiger partial charge < -0.3 is 24.1 Å². The predicted octanol–water partition coefficient (Wildman–Crippen LogP) is -0.532. The highest BCUT2D eigenvalue weighted by molar-refractivity contribution is 5.67. The molecule has 3 unspecified atom stereocenters. The van der Waals surface area contributed by atoms with E-state index in [4.69, 9.17) is 18.9 Å². The van der Waals surface area contributed by atoms with E-state index < -0.39 is 55.3 Å². The third-order valence-corrected chi connectivity index (χ3v) is 2.65. The topological polar surface area (TPSA) is 108 Å². The molecular formula is C12H17FO8. The molecule has 1 saturated heterocycles. The zero-order valence-corrected chi connectivity index (χ0v) is 11.8. The summed E-state index contributed by atoms with van der Waals surface area (Å²) in [5.74, 6) is -2.22. The molecule has 0 saturated carbocycles. The minimum atomic E-state index is -2.10. The van der Waals surface area contributed by atoms with Crippen LogP contribution < -0.4 is 0 Å². The molecular weight excluding hydrogens is 291 g/mol. The highest BCUT2D eigenvalue weighted by Gasteiger charge is 2.50. The van der Waals surface area contributed by atoms with E-state index >= 15 is 0 Å². The molecule has 0 aromatic rings. The number of ether oxygens (including phenoxy) is 4. The molecule has 1 aliphatic heterocycles. The average molecular weight is 308 g/mol. The van der Waals surface area contributed by atoms with E-state index in [1.54, 1.807) is 0 Å². The Morgan fingerprint density at radius 1 is 1.05 bits per heavy atom. The maximum Gasteiger partial charge on any atom is 0.303 e. The van der Waals surface area contributed by atoms with Crippen LogP contribution in [0.4, 0.5) is 4.39 Å². The Hall–Kier alpha value is -1.74. The van der Waals surface area contributed by atoms with Gasteiger partial charge in [0.25, 0.3) is 0 Å². The van der Waals surface area contributed by atoms with E-state index in [9.17, 15) is 23.9 Å². The molecule has 1 fully saturated rings. The first kappa shape index (κ1) is 17.3. The molecule has 120 valence electrons. The molecule has 0 amide bonds. The Morgan fingerprint density at radius 3 is 2.05 bits per heavy atom. The Balaban J connectivity index is 2.94. The SMILES string of the molecule is CC(=O)OCC1O[C@@H](O)C(F)C(OC(C)=O)[C@@H]1OC(C)=O. The number of aliphatic hydroxyl groups is 1. The zero-order valence-electron chi connectivity index (χ0n) is 11.8. The van der Waals surface area contributed by atoms with Gasteiger partial charge in [0.15, 0.2) is 24.7 Å². The summed E-state index contributed by atoms with van der Waals surface area (Å²) in [7, 11) is 0.